The van der Waals surface area contributed by atoms with Crippen molar-refractivity contribution in [3.05, 3.63) is 84.6 Å². The van der Waals surface area contributed by atoms with Gasteiger partial charge in [0.2, 0.25) is 0 Å². The van der Waals surface area contributed by atoms with Gasteiger partial charge in [-0.1, -0.05) is 35.3 Å². The third-order valence-corrected chi connectivity index (χ3v) is 6.34. The molecule has 3 aromatic rings. The Bertz CT molecular complexity index is 1180. The van der Waals surface area contributed by atoms with Gasteiger partial charge in [0.05, 0.1) is 17.1 Å². The largest absolute Gasteiger partial charge is 0.345 e. The first-order valence-electron chi connectivity index (χ1n) is 9.19. The molecular formula is C22H21Cl2N3O2S. The van der Waals surface area contributed by atoms with Crippen LogP contribution in [-0.2, 0) is 6.54 Å². The molecule has 0 spiro atoms. The molecule has 0 saturated heterocycles. The molecule has 1 aromatic heterocycles. The molecule has 156 valence electrons. The summed E-state index contributed by atoms with van der Waals surface area (Å²) in [6.07, 6.45) is 0. The summed E-state index contributed by atoms with van der Waals surface area (Å²) in [4.78, 5) is 32.3. The van der Waals surface area contributed by atoms with E-state index in [2.05, 4.69) is 4.99 Å². The van der Waals surface area contributed by atoms with Gasteiger partial charge in [-0.05, 0) is 49.7 Å². The minimum atomic E-state index is -0.418. The van der Waals surface area contributed by atoms with Crippen LogP contribution in [0.3, 0.4) is 0 Å². The molecule has 0 aliphatic rings. The average molecular weight is 462 g/mol. The number of carbonyl (C=O) groups excluding carboxylic acids is 2. The quantitative estimate of drug-likeness (QED) is 0.550. The van der Waals surface area contributed by atoms with Crippen LogP contribution in [0, 0.1) is 13.8 Å². The van der Waals surface area contributed by atoms with Gasteiger partial charge in [0.1, 0.15) is 0 Å². The highest BCUT2D eigenvalue weighted by Crippen LogP contribution is 2.22. The van der Waals surface area contributed by atoms with E-state index in [1.165, 1.54) is 17.4 Å². The molecule has 0 bridgehead atoms. The van der Waals surface area contributed by atoms with E-state index in [9.17, 15) is 9.59 Å². The Labute approximate surface area is 189 Å². The van der Waals surface area contributed by atoms with Crippen molar-refractivity contribution in [1.29, 1.82) is 0 Å². The van der Waals surface area contributed by atoms with Gasteiger partial charge >= 0.3 is 0 Å². The lowest BCUT2D eigenvalue weighted by atomic mass is 10.1. The number of aryl methyl sites for hydroxylation is 1. The van der Waals surface area contributed by atoms with Crippen LogP contribution >= 0.6 is 34.5 Å². The standard InChI is InChI=1S/C22H21Cl2N3O2S/c1-13-14(2)30-22(25-20(28)18-10-9-17(23)11-19(18)24)27(13)12-15-5-7-16(8-6-15)21(29)26(3)4/h5-11H,12H2,1-4H3. The number of benzene rings is 2. The molecule has 1 heterocycles. The molecule has 0 aliphatic heterocycles. The second kappa shape index (κ2) is 9.16. The molecule has 0 saturated carbocycles. The van der Waals surface area contributed by atoms with Gasteiger partial charge in [0.15, 0.2) is 4.80 Å². The predicted molar refractivity (Wildman–Crippen MR) is 122 cm³/mol. The minimum Gasteiger partial charge on any atom is -0.345 e. The lowest BCUT2D eigenvalue weighted by Crippen LogP contribution is -2.22. The predicted octanol–water partition coefficient (Wildman–Crippen LogP) is 4.96. The zero-order valence-corrected chi connectivity index (χ0v) is 19.4. The Morgan fingerprint density at radius 1 is 1.07 bits per heavy atom. The Kier molecular flexibility index (Phi) is 6.81. The van der Waals surface area contributed by atoms with Gasteiger partial charge in [0, 0.05) is 35.3 Å². The third-order valence-electron chi connectivity index (χ3n) is 4.70. The number of hydrogen-bond acceptors (Lipinski definition) is 3. The Balaban J connectivity index is 1.94. The summed E-state index contributed by atoms with van der Waals surface area (Å²) in [7, 11) is 3.45. The van der Waals surface area contributed by atoms with Crippen LogP contribution in [0.25, 0.3) is 0 Å². The van der Waals surface area contributed by atoms with Crippen molar-refractivity contribution in [2.75, 3.05) is 14.1 Å². The number of thiazole rings is 1. The maximum absolute atomic E-state index is 12.7. The first kappa shape index (κ1) is 22.3. The lowest BCUT2D eigenvalue weighted by Gasteiger charge is -2.11. The molecule has 2 aromatic carbocycles. The lowest BCUT2D eigenvalue weighted by molar-refractivity contribution is 0.0827. The zero-order chi connectivity index (χ0) is 22.0. The van der Waals surface area contributed by atoms with Crippen LogP contribution in [0.1, 0.15) is 36.9 Å². The summed E-state index contributed by atoms with van der Waals surface area (Å²) in [5, 5.41) is 0.736. The Morgan fingerprint density at radius 3 is 2.33 bits per heavy atom. The second-order valence-electron chi connectivity index (χ2n) is 7.05. The Hall–Kier alpha value is -2.41. The molecular weight excluding hydrogens is 441 g/mol. The van der Waals surface area contributed by atoms with Gasteiger partial charge in [-0.15, -0.1) is 11.3 Å². The van der Waals surface area contributed by atoms with Gasteiger partial charge < -0.3 is 9.47 Å². The number of aromatic nitrogens is 1. The maximum Gasteiger partial charge on any atom is 0.281 e. The van der Waals surface area contributed by atoms with Crippen molar-refractivity contribution >= 4 is 46.4 Å². The molecule has 0 atom stereocenters. The van der Waals surface area contributed by atoms with Crippen LogP contribution in [0.2, 0.25) is 10.0 Å². The number of halogens is 2. The van der Waals surface area contributed by atoms with Crippen LogP contribution in [0.5, 0.6) is 0 Å². The minimum absolute atomic E-state index is 0.0436. The highest BCUT2D eigenvalue weighted by Gasteiger charge is 2.13. The van der Waals surface area contributed by atoms with Crippen molar-refractivity contribution in [2.24, 2.45) is 4.99 Å². The number of hydrogen-bond donors (Lipinski definition) is 0. The fourth-order valence-corrected chi connectivity index (χ4v) is 4.33. The summed E-state index contributed by atoms with van der Waals surface area (Å²) >= 11 is 13.5. The number of nitrogens with zero attached hydrogens (tertiary/aromatic N) is 3. The van der Waals surface area contributed by atoms with E-state index in [4.69, 9.17) is 23.2 Å². The van der Waals surface area contributed by atoms with Crippen molar-refractivity contribution in [2.45, 2.75) is 20.4 Å². The summed E-state index contributed by atoms with van der Waals surface area (Å²) < 4.78 is 1.99. The number of amides is 2. The molecule has 5 nitrogen and oxygen atoms in total. The highest BCUT2D eigenvalue weighted by atomic mass is 35.5. The van der Waals surface area contributed by atoms with E-state index in [1.54, 1.807) is 31.1 Å². The summed E-state index contributed by atoms with van der Waals surface area (Å²) in [5.41, 5.74) is 2.97. The fourth-order valence-electron chi connectivity index (χ4n) is 2.87. The molecule has 30 heavy (non-hydrogen) atoms. The van der Waals surface area contributed by atoms with Crippen molar-refractivity contribution < 1.29 is 9.59 Å². The molecule has 0 fully saturated rings. The van der Waals surface area contributed by atoms with Crippen LogP contribution in [-0.4, -0.2) is 35.4 Å². The zero-order valence-electron chi connectivity index (χ0n) is 17.1. The number of rotatable bonds is 4. The van der Waals surface area contributed by atoms with Gasteiger partial charge in [-0.25, -0.2) is 0 Å². The first-order valence-corrected chi connectivity index (χ1v) is 10.8. The van der Waals surface area contributed by atoms with E-state index in [-0.39, 0.29) is 10.9 Å². The van der Waals surface area contributed by atoms with E-state index < -0.39 is 5.91 Å². The topological polar surface area (TPSA) is 54.7 Å². The molecule has 0 aliphatic carbocycles. The molecule has 0 radical (unpaired) electrons. The Morgan fingerprint density at radius 2 is 1.73 bits per heavy atom. The second-order valence-corrected chi connectivity index (χ2v) is 9.08. The summed E-state index contributed by atoms with van der Waals surface area (Å²) in [6.45, 7) is 4.52. The van der Waals surface area contributed by atoms with Crippen LogP contribution < -0.4 is 4.80 Å². The molecule has 3 rings (SSSR count). The van der Waals surface area contributed by atoms with Crippen LogP contribution in [0.15, 0.2) is 47.5 Å². The SMILES string of the molecule is Cc1sc(=NC(=O)c2ccc(Cl)cc2Cl)n(Cc2ccc(C(=O)N(C)C)cc2)c1C. The van der Waals surface area contributed by atoms with Crippen molar-refractivity contribution in [3.8, 4) is 0 Å². The fraction of sp³-hybridized carbons (Fsp3) is 0.227. The van der Waals surface area contributed by atoms with Gasteiger partial charge in [0.25, 0.3) is 11.8 Å². The summed E-state index contributed by atoms with van der Waals surface area (Å²) in [5.74, 6) is -0.462. The highest BCUT2D eigenvalue weighted by molar-refractivity contribution is 7.09. The van der Waals surface area contributed by atoms with E-state index in [0.29, 0.717) is 27.5 Å². The number of carbonyl (C=O) groups is 2. The van der Waals surface area contributed by atoms with Gasteiger partial charge in [-0.2, -0.15) is 4.99 Å². The van der Waals surface area contributed by atoms with E-state index in [0.717, 1.165) is 16.1 Å². The first-order chi connectivity index (χ1) is 14.2. The normalized spacial score (nSPS) is 11.6. The van der Waals surface area contributed by atoms with Crippen LogP contribution in [0.4, 0.5) is 0 Å². The summed E-state index contributed by atoms with van der Waals surface area (Å²) in [6, 6.07) is 12.2. The maximum atomic E-state index is 12.7. The smallest absolute Gasteiger partial charge is 0.281 e. The van der Waals surface area contributed by atoms with Gasteiger partial charge in [-0.3, -0.25) is 9.59 Å². The molecule has 0 unspecified atom stereocenters. The third kappa shape index (κ3) is 4.83. The molecule has 2 amide bonds. The molecule has 8 heteroatoms. The average Bonchev–Trinajstić information content (AvgIpc) is 2.95. The van der Waals surface area contributed by atoms with E-state index in [1.807, 2.05) is 42.7 Å². The van der Waals surface area contributed by atoms with Crippen molar-refractivity contribution in [1.82, 2.24) is 9.47 Å². The molecule has 0 N–H and O–H groups in total. The monoisotopic (exact) mass is 461 g/mol. The van der Waals surface area contributed by atoms with Crippen molar-refractivity contribution in [3.63, 3.8) is 0 Å². The van der Waals surface area contributed by atoms with E-state index >= 15 is 0 Å².